The molecule has 4 N–H and O–H groups in total. The first-order valence-electron chi connectivity index (χ1n) is 24.8. The van der Waals surface area contributed by atoms with Gasteiger partial charge in [-0.15, -0.1) is 0 Å². The van der Waals surface area contributed by atoms with E-state index in [4.69, 9.17) is 0 Å². The summed E-state index contributed by atoms with van der Waals surface area (Å²) in [6.45, 7) is 4.19. The maximum absolute atomic E-state index is 12.5. The first-order chi connectivity index (χ1) is 27.6. The normalized spacial score (nSPS) is 13.7. The van der Waals surface area contributed by atoms with Crippen LogP contribution in [0.2, 0.25) is 0 Å². The standard InChI is InChI=1S/C51H97NO4/c1-3-5-7-9-11-13-15-17-19-21-23-24-25-26-28-29-31-33-35-37-39-41-43-45-49(54)48(47-53)52-51(56)50(55)46-44-42-40-38-36-34-32-30-27-22-20-18-16-14-12-10-8-6-4-2/h28-29,35,37,43,45,48-50,53-55H,3-27,30-34,36,38-42,44,46-47H2,1-2H3,(H,52,56)/b29-28+,37-35+,45-43+. The van der Waals surface area contributed by atoms with Crippen molar-refractivity contribution in [3.05, 3.63) is 36.5 Å². The zero-order chi connectivity index (χ0) is 40.8. The molecule has 0 spiro atoms. The summed E-state index contributed by atoms with van der Waals surface area (Å²) in [5.74, 6) is -0.514. The van der Waals surface area contributed by atoms with E-state index in [1.54, 1.807) is 6.08 Å². The van der Waals surface area contributed by atoms with Crippen LogP contribution in [0, 0.1) is 0 Å². The quantitative estimate of drug-likeness (QED) is 0.0365. The number of allylic oxidation sites excluding steroid dienone is 5. The van der Waals surface area contributed by atoms with Crippen molar-refractivity contribution in [2.45, 2.75) is 276 Å². The van der Waals surface area contributed by atoms with Gasteiger partial charge >= 0.3 is 0 Å². The Kier molecular flexibility index (Phi) is 45.1. The van der Waals surface area contributed by atoms with Crippen LogP contribution in [0.4, 0.5) is 0 Å². The van der Waals surface area contributed by atoms with E-state index in [9.17, 15) is 20.1 Å². The van der Waals surface area contributed by atoms with E-state index in [2.05, 4.69) is 43.5 Å². The van der Waals surface area contributed by atoms with Crippen LogP contribution in [0.5, 0.6) is 0 Å². The second-order valence-corrected chi connectivity index (χ2v) is 17.0. The molecule has 330 valence electrons. The Labute approximate surface area is 349 Å². The Bertz CT molecular complexity index is 870. The lowest BCUT2D eigenvalue weighted by Gasteiger charge is -2.21. The molecule has 1 amide bonds. The Hall–Kier alpha value is -1.43. The molecular weight excluding hydrogens is 691 g/mol. The second-order valence-electron chi connectivity index (χ2n) is 17.0. The number of carbonyl (C=O) groups is 1. The minimum absolute atomic E-state index is 0.379. The summed E-state index contributed by atoms with van der Waals surface area (Å²) in [6.07, 6.45) is 59.1. The van der Waals surface area contributed by atoms with Gasteiger partial charge in [0.1, 0.15) is 6.10 Å². The highest BCUT2D eigenvalue weighted by atomic mass is 16.3. The molecular formula is C51H97NO4. The summed E-state index contributed by atoms with van der Waals surface area (Å²) in [7, 11) is 0. The predicted molar refractivity (Wildman–Crippen MR) is 245 cm³/mol. The number of carbonyl (C=O) groups excluding carboxylic acids is 1. The molecule has 0 heterocycles. The van der Waals surface area contributed by atoms with Crippen LogP contribution >= 0.6 is 0 Å². The molecule has 0 aromatic heterocycles. The van der Waals surface area contributed by atoms with Crippen molar-refractivity contribution in [3.63, 3.8) is 0 Å². The molecule has 56 heavy (non-hydrogen) atoms. The van der Waals surface area contributed by atoms with Gasteiger partial charge in [0.25, 0.3) is 0 Å². The predicted octanol–water partition coefficient (Wildman–Crippen LogP) is 14.7. The molecule has 3 unspecified atom stereocenters. The van der Waals surface area contributed by atoms with Gasteiger partial charge in [-0.3, -0.25) is 4.79 Å². The topological polar surface area (TPSA) is 89.8 Å². The highest BCUT2D eigenvalue weighted by molar-refractivity contribution is 5.80. The molecule has 3 atom stereocenters. The molecule has 0 rings (SSSR count). The van der Waals surface area contributed by atoms with E-state index in [0.29, 0.717) is 6.42 Å². The number of hydrogen-bond acceptors (Lipinski definition) is 4. The van der Waals surface area contributed by atoms with Gasteiger partial charge in [0.2, 0.25) is 5.91 Å². The fourth-order valence-corrected chi connectivity index (χ4v) is 7.57. The largest absolute Gasteiger partial charge is 0.394 e. The molecule has 5 nitrogen and oxygen atoms in total. The smallest absolute Gasteiger partial charge is 0.249 e. The first kappa shape index (κ1) is 54.6. The number of rotatable bonds is 45. The highest BCUT2D eigenvalue weighted by Crippen LogP contribution is 2.16. The Morgan fingerprint density at radius 2 is 0.732 bits per heavy atom. The van der Waals surface area contributed by atoms with Crippen molar-refractivity contribution in [3.8, 4) is 0 Å². The number of aliphatic hydroxyl groups excluding tert-OH is 3. The minimum Gasteiger partial charge on any atom is -0.394 e. The molecule has 0 aromatic rings. The molecule has 0 bridgehead atoms. The number of nitrogens with one attached hydrogen (secondary N) is 1. The SMILES string of the molecule is CCCCCCCCCCCCCCC/C=C/CC/C=C/CC/C=C/C(O)C(CO)NC(=O)C(O)CCCCCCCCCCCCCCCCCCCCC. The fraction of sp³-hybridized carbons (Fsp3) is 0.863. The van der Waals surface area contributed by atoms with Crippen LogP contribution in [0.25, 0.3) is 0 Å². The van der Waals surface area contributed by atoms with E-state index in [1.807, 2.05) is 6.08 Å². The average molecular weight is 788 g/mol. The lowest BCUT2D eigenvalue weighted by atomic mass is 10.0. The van der Waals surface area contributed by atoms with Crippen molar-refractivity contribution in [1.82, 2.24) is 5.32 Å². The van der Waals surface area contributed by atoms with Crippen LogP contribution in [0.1, 0.15) is 258 Å². The monoisotopic (exact) mass is 788 g/mol. The summed E-state index contributed by atoms with van der Waals surface area (Å²) in [5.41, 5.74) is 0. The number of amides is 1. The lowest BCUT2D eigenvalue weighted by Crippen LogP contribution is -2.48. The fourth-order valence-electron chi connectivity index (χ4n) is 7.57. The third-order valence-corrected chi connectivity index (χ3v) is 11.5. The molecule has 0 radical (unpaired) electrons. The third-order valence-electron chi connectivity index (χ3n) is 11.5. The van der Waals surface area contributed by atoms with E-state index in [0.717, 1.165) is 44.9 Å². The Morgan fingerprint density at radius 1 is 0.429 bits per heavy atom. The number of aliphatic hydroxyl groups is 3. The van der Waals surface area contributed by atoms with Gasteiger partial charge in [-0.25, -0.2) is 0 Å². The summed E-state index contributed by atoms with van der Waals surface area (Å²) >= 11 is 0. The maximum Gasteiger partial charge on any atom is 0.249 e. The summed E-state index contributed by atoms with van der Waals surface area (Å²) in [4.78, 5) is 12.5. The molecule has 0 aliphatic heterocycles. The van der Waals surface area contributed by atoms with Crippen LogP contribution in [0.3, 0.4) is 0 Å². The lowest BCUT2D eigenvalue weighted by molar-refractivity contribution is -0.131. The van der Waals surface area contributed by atoms with Gasteiger partial charge in [-0.2, -0.15) is 0 Å². The van der Waals surface area contributed by atoms with E-state index < -0.39 is 24.2 Å². The average Bonchev–Trinajstić information content (AvgIpc) is 3.20. The summed E-state index contributed by atoms with van der Waals surface area (Å²) < 4.78 is 0. The minimum atomic E-state index is -1.11. The van der Waals surface area contributed by atoms with E-state index in [-0.39, 0.29) is 6.61 Å². The van der Waals surface area contributed by atoms with Crippen LogP contribution < -0.4 is 5.32 Å². The zero-order valence-corrected chi connectivity index (χ0v) is 37.5. The van der Waals surface area contributed by atoms with Crippen molar-refractivity contribution >= 4 is 5.91 Å². The van der Waals surface area contributed by atoms with Crippen molar-refractivity contribution in [2.24, 2.45) is 0 Å². The third kappa shape index (κ3) is 40.8. The second kappa shape index (κ2) is 46.3. The molecule has 5 heteroatoms. The Morgan fingerprint density at radius 3 is 1.09 bits per heavy atom. The van der Waals surface area contributed by atoms with E-state index >= 15 is 0 Å². The van der Waals surface area contributed by atoms with Gasteiger partial charge in [0, 0.05) is 0 Å². The summed E-state index contributed by atoms with van der Waals surface area (Å²) in [6, 6.07) is -0.819. The molecule has 0 aromatic carbocycles. The zero-order valence-electron chi connectivity index (χ0n) is 37.5. The highest BCUT2D eigenvalue weighted by Gasteiger charge is 2.22. The van der Waals surface area contributed by atoms with Gasteiger partial charge in [-0.1, -0.05) is 249 Å². The first-order valence-corrected chi connectivity index (χ1v) is 24.8. The van der Waals surface area contributed by atoms with Crippen molar-refractivity contribution in [2.75, 3.05) is 6.61 Å². The maximum atomic E-state index is 12.5. The molecule has 0 fully saturated rings. The number of unbranched alkanes of at least 4 members (excludes halogenated alkanes) is 33. The summed E-state index contributed by atoms with van der Waals surface area (Å²) in [5, 5.41) is 33.2. The van der Waals surface area contributed by atoms with Crippen LogP contribution in [-0.2, 0) is 4.79 Å². The van der Waals surface area contributed by atoms with Gasteiger partial charge in [0.15, 0.2) is 0 Å². The van der Waals surface area contributed by atoms with Gasteiger partial charge in [-0.05, 0) is 44.9 Å². The molecule has 0 aliphatic carbocycles. The van der Waals surface area contributed by atoms with Gasteiger partial charge in [0.05, 0.1) is 18.8 Å². The van der Waals surface area contributed by atoms with Crippen molar-refractivity contribution in [1.29, 1.82) is 0 Å². The number of hydrogen-bond donors (Lipinski definition) is 4. The van der Waals surface area contributed by atoms with Crippen molar-refractivity contribution < 1.29 is 20.1 Å². The Balaban J connectivity index is 3.68. The van der Waals surface area contributed by atoms with Gasteiger partial charge < -0.3 is 20.6 Å². The molecule has 0 saturated carbocycles. The van der Waals surface area contributed by atoms with Crippen LogP contribution in [-0.4, -0.2) is 46.1 Å². The van der Waals surface area contributed by atoms with E-state index in [1.165, 1.54) is 193 Å². The molecule has 0 aliphatic rings. The van der Waals surface area contributed by atoms with Crippen LogP contribution in [0.15, 0.2) is 36.5 Å². The molecule has 0 saturated heterocycles.